The van der Waals surface area contributed by atoms with E-state index in [0.717, 1.165) is 11.1 Å². The number of methoxy groups -OCH3 is 1. The summed E-state index contributed by atoms with van der Waals surface area (Å²) in [6.45, 7) is 0.392. The zero-order valence-corrected chi connectivity index (χ0v) is 20.4. The van der Waals surface area contributed by atoms with E-state index < -0.39 is 29.1 Å². The highest BCUT2D eigenvalue weighted by Crippen LogP contribution is 2.70. The first-order chi connectivity index (χ1) is 16.7. The quantitative estimate of drug-likeness (QED) is 0.526. The molecule has 0 spiro atoms. The van der Waals surface area contributed by atoms with Gasteiger partial charge >= 0.3 is 0 Å². The highest BCUT2D eigenvalue weighted by Gasteiger charge is 2.74. The molecule has 5 rings (SSSR count). The van der Waals surface area contributed by atoms with E-state index in [-0.39, 0.29) is 11.6 Å². The van der Waals surface area contributed by atoms with Crippen molar-refractivity contribution < 1.29 is 19.7 Å². The monoisotopic (exact) mass is 491 g/mol. The van der Waals surface area contributed by atoms with E-state index >= 15 is 0 Å². The van der Waals surface area contributed by atoms with Crippen LogP contribution in [0.3, 0.4) is 0 Å². The van der Waals surface area contributed by atoms with Gasteiger partial charge in [0.15, 0.2) is 11.4 Å². The second kappa shape index (κ2) is 8.51. The molecule has 35 heavy (non-hydrogen) atoms. The molecular formula is C27H26ClN3O4. The Balaban J connectivity index is 1.86. The van der Waals surface area contributed by atoms with Gasteiger partial charge in [-0.05, 0) is 37.4 Å². The zero-order chi connectivity index (χ0) is 25.0. The fraction of sp³-hybridized carbons (Fsp3) is 0.333. The van der Waals surface area contributed by atoms with Crippen LogP contribution in [0.4, 0.5) is 0 Å². The molecule has 2 aromatic carbocycles. The fourth-order valence-corrected chi connectivity index (χ4v) is 6.07. The van der Waals surface area contributed by atoms with Crippen LogP contribution in [0.5, 0.6) is 11.6 Å². The molecule has 2 N–H and O–H groups in total. The summed E-state index contributed by atoms with van der Waals surface area (Å²) in [7, 11) is 5.25. The first-order valence-corrected chi connectivity index (χ1v) is 11.7. The van der Waals surface area contributed by atoms with Crippen molar-refractivity contribution in [3.05, 3.63) is 88.1 Å². The van der Waals surface area contributed by atoms with Crippen LogP contribution in [0.15, 0.2) is 60.7 Å². The number of aromatic nitrogens is 1. The molecule has 0 amide bonds. The van der Waals surface area contributed by atoms with E-state index in [1.807, 2.05) is 67.5 Å². The fourth-order valence-electron chi connectivity index (χ4n) is 5.95. The molecule has 2 heterocycles. The van der Waals surface area contributed by atoms with Crippen molar-refractivity contribution in [1.82, 2.24) is 9.88 Å². The number of halogens is 1. The second-order valence-electron chi connectivity index (χ2n) is 9.42. The Labute approximate surface area is 209 Å². The molecule has 1 aliphatic heterocycles. The van der Waals surface area contributed by atoms with Crippen molar-refractivity contribution in [1.29, 1.82) is 5.26 Å². The van der Waals surface area contributed by atoms with Crippen molar-refractivity contribution in [3.63, 3.8) is 0 Å². The topological polar surface area (TPSA) is 98.8 Å². The number of nitrogens with zero attached hydrogens (tertiary/aromatic N) is 3. The standard InChI is InChI=1S/C27H26ClN3O4/c1-31(2)15-20-23(16-7-5-4-6-8-16)26(17-9-11-18(28)12-10-17)24(27(20,32)33)22-21(35-26)13-19(14-29)30-25(22)34-3/h4-13,20,23-24,32-33H,15H2,1-3H3/t20-,23-,24+,26-/m1/s1. The number of nitriles is 1. The van der Waals surface area contributed by atoms with Crippen LogP contribution in [0, 0.1) is 17.2 Å². The zero-order valence-electron chi connectivity index (χ0n) is 19.6. The number of pyridine rings is 1. The summed E-state index contributed by atoms with van der Waals surface area (Å²) in [4.78, 5) is 6.25. The van der Waals surface area contributed by atoms with Crippen molar-refractivity contribution in [2.45, 2.75) is 23.2 Å². The van der Waals surface area contributed by atoms with Crippen LogP contribution in [-0.4, -0.2) is 53.6 Å². The summed E-state index contributed by atoms with van der Waals surface area (Å²) in [6.07, 6.45) is 0. The first-order valence-electron chi connectivity index (χ1n) is 11.3. The minimum atomic E-state index is -2.20. The van der Waals surface area contributed by atoms with Crippen molar-refractivity contribution in [2.24, 2.45) is 5.92 Å². The minimum absolute atomic E-state index is 0.120. The van der Waals surface area contributed by atoms with E-state index in [1.54, 1.807) is 12.1 Å². The van der Waals surface area contributed by atoms with Gasteiger partial charge in [0.2, 0.25) is 5.88 Å². The molecular weight excluding hydrogens is 466 g/mol. The maximum Gasteiger partial charge on any atom is 0.221 e. The van der Waals surface area contributed by atoms with Crippen LogP contribution < -0.4 is 9.47 Å². The van der Waals surface area contributed by atoms with Gasteiger partial charge in [0.1, 0.15) is 17.5 Å². The van der Waals surface area contributed by atoms with E-state index in [4.69, 9.17) is 21.1 Å². The molecule has 1 aliphatic carbocycles. The van der Waals surface area contributed by atoms with Crippen LogP contribution >= 0.6 is 11.6 Å². The lowest BCUT2D eigenvalue weighted by atomic mass is 9.73. The normalized spacial score (nSPS) is 26.1. The number of aliphatic hydroxyl groups is 2. The molecule has 7 nitrogen and oxygen atoms in total. The molecule has 1 aromatic heterocycles. The maximum absolute atomic E-state index is 12.0. The lowest BCUT2D eigenvalue weighted by Gasteiger charge is -2.37. The average molecular weight is 492 g/mol. The average Bonchev–Trinajstić information content (AvgIpc) is 3.28. The van der Waals surface area contributed by atoms with Crippen LogP contribution in [0.1, 0.15) is 34.2 Å². The van der Waals surface area contributed by atoms with Crippen molar-refractivity contribution in [2.75, 3.05) is 27.7 Å². The number of ether oxygens (including phenoxy) is 2. The molecule has 0 radical (unpaired) electrons. The molecule has 1 saturated carbocycles. The van der Waals surface area contributed by atoms with E-state index in [2.05, 4.69) is 4.98 Å². The molecule has 0 unspecified atom stereocenters. The number of hydrogen-bond donors (Lipinski definition) is 2. The van der Waals surface area contributed by atoms with Gasteiger partial charge in [-0.2, -0.15) is 5.26 Å². The number of benzene rings is 2. The molecule has 8 heteroatoms. The first kappa shape index (κ1) is 23.6. The third-order valence-corrected chi connectivity index (χ3v) is 7.39. The molecule has 3 aromatic rings. The highest BCUT2D eigenvalue weighted by atomic mass is 35.5. The molecule has 2 aliphatic rings. The predicted octanol–water partition coefficient (Wildman–Crippen LogP) is 3.64. The van der Waals surface area contributed by atoms with Gasteiger partial charge in [-0.1, -0.05) is 54.1 Å². The van der Waals surface area contributed by atoms with Gasteiger partial charge in [-0.15, -0.1) is 0 Å². The van der Waals surface area contributed by atoms with Gasteiger partial charge in [0.25, 0.3) is 0 Å². The third kappa shape index (κ3) is 3.48. The predicted molar refractivity (Wildman–Crippen MR) is 130 cm³/mol. The summed E-state index contributed by atoms with van der Waals surface area (Å²) in [5, 5.41) is 34.0. The van der Waals surface area contributed by atoms with Crippen molar-refractivity contribution in [3.8, 4) is 17.7 Å². The maximum atomic E-state index is 12.0. The molecule has 0 bridgehead atoms. The van der Waals surface area contributed by atoms with Gasteiger partial charge in [-0.3, -0.25) is 0 Å². The minimum Gasteiger partial charge on any atom is -0.481 e. The molecule has 0 saturated heterocycles. The van der Waals surface area contributed by atoms with Crippen LogP contribution in [0.2, 0.25) is 5.02 Å². The molecule has 1 fully saturated rings. The Morgan fingerprint density at radius 1 is 1.14 bits per heavy atom. The van der Waals surface area contributed by atoms with E-state index in [9.17, 15) is 15.5 Å². The van der Waals surface area contributed by atoms with E-state index in [1.165, 1.54) is 13.2 Å². The van der Waals surface area contributed by atoms with Gasteiger partial charge in [0, 0.05) is 29.5 Å². The lowest BCUT2D eigenvalue weighted by Crippen LogP contribution is -2.44. The third-order valence-electron chi connectivity index (χ3n) is 7.14. The lowest BCUT2D eigenvalue weighted by molar-refractivity contribution is -0.204. The second-order valence-corrected chi connectivity index (χ2v) is 9.85. The highest BCUT2D eigenvalue weighted by molar-refractivity contribution is 6.30. The Morgan fingerprint density at radius 3 is 2.43 bits per heavy atom. The summed E-state index contributed by atoms with van der Waals surface area (Å²) in [5.41, 5.74) is 0.986. The Hall–Kier alpha value is -3.15. The number of fused-ring (bicyclic) bond motifs is 3. The Kier molecular flexibility index (Phi) is 5.73. The summed E-state index contributed by atoms with van der Waals surface area (Å²) < 4.78 is 12.4. The summed E-state index contributed by atoms with van der Waals surface area (Å²) >= 11 is 6.23. The van der Waals surface area contributed by atoms with Gasteiger partial charge < -0.3 is 24.6 Å². The van der Waals surface area contributed by atoms with Crippen molar-refractivity contribution >= 4 is 11.6 Å². The number of hydrogen-bond acceptors (Lipinski definition) is 7. The SMILES string of the molecule is COc1nc(C#N)cc2c1[C@@H]1C(O)(O)[C@H](CN(C)C)[C@@H](c3ccccc3)[C@@]1(c1ccc(Cl)cc1)O2. The summed E-state index contributed by atoms with van der Waals surface area (Å²) in [5.74, 6) is -3.74. The summed E-state index contributed by atoms with van der Waals surface area (Å²) in [6, 6.07) is 20.6. The molecule has 4 atom stereocenters. The van der Waals surface area contributed by atoms with E-state index in [0.29, 0.717) is 22.9 Å². The van der Waals surface area contributed by atoms with Crippen LogP contribution in [0.25, 0.3) is 0 Å². The largest absolute Gasteiger partial charge is 0.481 e. The number of rotatable bonds is 5. The Morgan fingerprint density at radius 2 is 1.83 bits per heavy atom. The van der Waals surface area contributed by atoms with Gasteiger partial charge in [-0.25, -0.2) is 4.98 Å². The smallest absolute Gasteiger partial charge is 0.221 e. The Bertz CT molecular complexity index is 1290. The van der Waals surface area contributed by atoms with Gasteiger partial charge in [0.05, 0.1) is 18.6 Å². The van der Waals surface area contributed by atoms with Crippen LogP contribution in [-0.2, 0) is 5.60 Å². The molecule has 180 valence electrons.